The van der Waals surface area contributed by atoms with Crippen molar-refractivity contribution in [2.24, 2.45) is 0 Å². The molecule has 0 bridgehead atoms. The highest BCUT2D eigenvalue weighted by molar-refractivity contribution is 6.31. The lowest BCUT2D eigenvalue weighted by Gasteiger charge is -2.23. The smallest absolute Gasteiger partial charge is 0.408 e. The number of amides is 1. The average molecular weight is 391 g/mol. The molecule has 1 aromatic carbocycles. The number of hydrogen-bond donors (Lipinski definition) is 1. The fourth-order valence-electron chi connectivity index (χ4n) is 2.39. The maximum atomic E-state index is 13.0. The van der Waals surface area contributed by atoms with Gasteiger partial charge in [-0.15, -0.1) is 0 Å². The molecule has 0 spiro atoms. The number of rotatable bonds is 6. The SMILES string of the molecule is COc1ccc(C(=O)[C@H](Cc2ccccc2Cl)NC(=O)OC(C)(C)C)cn1. The number of carbonyl (C=O) groups excluding carboxylic acids is 2. The molecule has 1 amide bonds. The summed E-state index contributed by atoms with van der Waals surface area (Å²) in [5.41, 5.74) is 0.419. The van der Waals surface area contributed by atoms with E-state index in [1.807, 2.05) is 12.1 Å². The zero-order chi connectivity index (χ0) is 20.0. The molecule has 0 saturated carbocycles. The van der Waals surface area contributed by atoms with E-state index in [1.54, 1.807) is 45.0 Å². The number of ether oxygens (including phenoxy) is 2. The molecule has 0 aliphatic carbocycles. The average Bonchev–Trinajstić information content (AvgIpc) is 2.61. The number of nitrogens with one attached hydrogen (secondary N) is 1. The fourth-order valence-corrected chi connectivity index (χ4v) is 2.60. The second-order valence-electron chi connectivity index (χ2n) is 6.95. The minimum atomic E-state index is -0.852. The van der Waals surface area contributed by atoms with Crippen molar-refractivity contribution in [2.75, 3.05) is 7.11 Å². The highest BCUT2D eigenvalue weighted by Crippen LogP contribution is 2.19. The molecular weight excluding hydrogens is 368 g/mol. The summed E-state index contributed by atoms with van der Waals surface area (Å²) in [6.45, 7) is 5.26. The lowest BCUT2D eigenvalue weighted by atomic mass is 9.98. The summed E-state index contributed by atoms with van der Waals surface area (Å²) in [5.74, 6) is 0.102. The van der Waals surface area contributed by atoms with Crippen molar-refractivity contribution in [1.29, 1.82) is 0 Å². The third kappa shape index (κ3) is 6.25. The van der Waals surface area contributed by atoms with Crippen LogP contribution in [0.2, 0.25) is 5.02 Å². The van der Waals surface area contributed by atoms with E-state index in [0.717, 1.165) is 5.56 Å². The zero-order valence-corrected chi connectivity index (χ0v) is 16.5. The van der Waals surface area contributed by atoms with Gasteiger partial charge in [0.1, 0.15) is 5.60 Å². The van der Waals surface area contributed by atoms with Crippen LogP contribution in [0.25, 0.3) is 0 Å². The van der Waals surface area contributed by atoms with E-state index < -0.39 is 17.7 Å². The van der Waals surface area contributed by atoms with Crippen LogP contribution in [-0.4, -0.2) is 35.6 Å². The van der Waals surface area contributed by atoms with Crippen LogP contribution in [0.3, 0.4) is 0 Å². The second-order valence-corrected chi connectivity index (χ2v) is 7.36. The molecule has 7 heteroatoms. The molecule has 1 heterocycles. The zero-order valence-electron chi connectivity index (χ0n) is 15.8. The van der Waals surface area contributed by atoms with Gasteiger partial charge in [-0.05, 0) is 38.5 Å². The third-order valence-electron chi connectivity index (χ3n) is 3.62. The first kappa shape index (κ1) is 20.7. The fraction of sp³-hybridized carbons (Fsp3) is 0.350. The number of carbonyl (C=O) groups is 2. The topological polar surface area (TPSA) is 77.5 Å². The second kappa shape index (κ2) is 8.86. The number of alkyl carbamates (subject to hydrolysis) is 1. The summed E-state index contributed by atoms with van der Waals surface area (Å²) in [6.07, 6.45) is 0.968. The number of ketones is 1. The Hall–Kier alpha value is -2.60. The van der Waals surface area contributed by atoms with E-state index in [0.29, 0.717) is 16.5 Å². The minimum absolute atomic E-state index is 0.226. The van der Waals surface area contributed by atoms with Crippen LogP contribution in [-0.2, 0) is 11.2 Å². The van der Waals surface area contributed by atoms with Crippen molar-refractivity contribution < 1.29 is 19.1 Å². The molecule has 0 aliphatic rings. The lowest BCUT2D eigenvalue weighted by Crippen LogP contribution is -2.44. The number of aromatic nitrogens is 1. The molecule has 0 aliphatic heterocycles. The van der Waals surface area contributed by atoms with Crippen LogP contribution in [0.15, 0.2) is 42.6 Å². The van der Waals surface area contributed by atoms with Crippen molar-refractivity contribution in [1.82, 2.24) is 10.3 Å². The monoisotopic (exact) mass is 390 g/mol. The lowest BCUT2D eigenvalue weighted by molar-refractivity contribution is 0.0491. The number of nitrogens with zero attached hydrogens (tertiary/aromatic N) is 1. The van der Waals surface area contributed by atoms with Gasteiger partial charge in [-0.25, -0.2) is 9.78 Å². The quantitative estimate of drug-likeness (QED) is 0.752. The molecular formula is C20H23ClN2O4. The standard InChI is InChI=1S/C20H23ClN2O4/c1-20(2,3)27-19(25)23-16(11-13-7-5-6-8-15(13)21)18(24)14-9-10-17(26-4)22-12-14/h5-10,12,16H,11H2,1-4H3,(H,23,25)/t16-/m0/s1. The Morgan fingerprint density at radius 2 is 1.89 bits per heavy atom. The Bertz CT molecular complexity index is 800. The maximum Gasteiger partial charge on any atom is 0.408 e. The Morgan fingerprint density at radius 1 is 1.19 bits per heavy atom. The van der Waals surface area contributed by atoms with Crippen molar-refractivity contribution in [3.63, 3.8) is 0 Å². The number of halogens is 1. The summed E-state index contributed by atoms with van der Waals surface area (Å²) < 4.78 is 10.3. The predicted molar refractivity (Wildman–Crippen MR) is 103 cm³/mol. The van der Waals surface area contributed by atoms with Crippen molar-refractivity contribution in [2.45, 2.75) is 38.8 Å². The molecule has 1 aromatic heterocycles. The number of pyridine rings is 1. The van der Waals surface area contributed by atoms with E-state index in [2.05, 4.69) is 10.3 Å². The molecule has 2 aromatic rings. The van der Waals surface area contributed by atoms with E-state index >= 15 is 0 Å². The maximum absolute atomic E-state index is 13.0. The largest absolute Gasteiger partial charge is 0.481 e. The number of benzene rings is 1. The van der Waals surface area contributed by atoms with Gasteiger partial charge in [0.25, 0.3) is 0 Å². The molecule has 0 saturated heterocycles. The summed E-state index contributed by atoms with van der Waals surface area (Å²) in [6, 6.07) is 9.52. The van der Waals surface area contributed by atoms with E-state index in [4.69, 9.17) is 21.1 Å². The van der Waals surface area contributed by atoms with Gasteiger partial charge in [-0.1, -0.05) is 29.8 Å². The number of hydrogen-bond acceptors (Lipinski definition) is 5. The van der Waals surface area contributed by atoms with Crippen LogP contribution >= 0.6 is 11.6 Å². The van der Waals surface area contributed by atoms with Gasteiger partial charge >= 0.3 is 6.09 Å². The van der Waals surface area contributed by atoms with Crippen LogP contribution in [0, 0.1) is 0 Å². The van der Waals surface area contributed by atoms with Crippen LogP contribution in [0.1, 0.15) is 36.7 Å². The van der Waals surface area contributed by atoms with Crippen molar-refractivity contribution >= 4 is 23.5 Å². The highest BCUT2D eigenvalue weighted by atomic mass is 35.5. The van der Waals surface area contributed by atoms with Gasteiger partial charge in [-0.3, -0.25) is 4.79 Å². The van der Waals surface area contributed by atoms with Gasteiger partial charge < -0.3 is 14.8 Å². The first-order valence-corrected chi connectivity index (χ1v) is 8.84. The summed E-state index contributed by atoms with van der Waals surface area (Å²) in [7, 11) is 1.49. The van der Waals surface area contributed by atoms with Gasteiger partial charge in [0.05, 0.1) is 13.2 Å². The Kier molecular flexibility index (Phi) is 6.80. The van der Waals surface area contributed by atoms with Gasteiger partial charge in [0, 0.05) is 29.3 Å². The molecule has 2 rings (SSSR count). The summed E-state index contributed by atoms with van der Waals surface area (Å²) in [5, 5.41) is 3.17. The Balaban J connectivity index is 2.25. The van der Waals surface area contributed by atoms with E-state index in [9.17, 15) is 9.59 Å². The van der Waals surface area contributed by atoms with Gasteiger partial charge in [0.15, 0.2) is 5.78 Å². The Morgan fingerprint density at radius 3 is 2.44 bits per heavy atom. The van der Waals surface area contributed by atoms with Crippen LogP contribution in [0.4, 0.5) is 4.79 Å². The van der Waals surface area contributed by atoms with Crippen molar-refractivity contribution in [3.8, 4) is 5.88 Å². The third-order valence-corrected chi connectivity index (χ3v) is 3.99. The molecule has 144 valence electrons. The summed E-state index contributed by atoms with van der Waals surface area (Å²) in [4.78, 5) is 29.2. The Labute approximate surface area is 163 Å². The van der Waals surface area contributed by atoms with Gasteiger partial charge in [-0.2, -0.15) is 0 Å². The molecule has 6 nitrogen and oxygen atoms in total. The van der Waals surface area contributed by atoms with Gasteiger partial charge in [0.2, 0.25) is 5.88 Å². The first-order valence-electron chi connectivity index (χ1n) is 8.47. The molecule has 0 radical (unpaired) electrons. The molecule has 0 fully saturated rings. The van der Waals surface area contributed by atoms with E-state index in [-0.39, 0.29) is 12.2 Å². The number of methoxy groups -OCH3 is 1. The minimum Gasteiger partial charge on any atom is -0.481 e. The molecule has 0 unspecified atom stereocenters. The first-order chi connectivity index (χ1) is 12.7. The highest BCUT2D eigenvalue weighted by Gasteiger charge is 2.26. The molecule has 27 heavy (non-hydrogen) atoms. The predicted octanol–water partition coefficient (Wildman–Crippen LogP) is 4.06. The summed E-state index contributed by atoms with van der Waals surface area (Å²) >= 11 is 6.22. The van der Waals surface area contributed by atoms with Crippen LogP contribution in [0.5, 0.6) is 5.88 Å². The number of Topliss-reactive ketones (excluding diaryl/α,β-unsaturated/α-hetero) is 1. The van der Waals surface area contributed by atoms with E-state index in [1.165, 1.54) is 13.3 Å². The van der Waals surface area contributed by atoms with Crippen molar-refractivity contribution in [3.05, 3.63) is 58.7 Å². The van der Waals surface area contributed by atoms with Crippen LogP contribution < -0.4 is 10.1 Å². The normalized spacial score (nSPS) is 12.2. The molecule has 1 atom stereocenters. The molecule has 1 N–H and O–H groups in total.